The number of anilines is 1. The summed E-state index contributed by atoms with van der Waals surface area (Å²) in [7, 11) is 1.79. The highest BCUT2D eigenvalue weighted by atomic mass is 79.9. The van der Waals surface area contributed by atoms with Gasteiger partial charge in [0.05, 0.1) is 6.61 Å². The number of ether oxygens (including phenoxy) is 1. The molecule has 0 saturated heterocycles. The SMILES string of the molecule is CCOc1ncnc(NC)c1Br. The van der Waals surface area contributed by atoms with Crippen molar-refractivity contribution >= 4 is 21.7 Å². The van der Waals surface area contributed by atoms with Crippen LogP contribution in [-0.2, 0) is 0 Å². The van der Waals surface area contributed by atoms with Gasteiger partial charge in [0.25, 0.3) is 0 Å². The minimum Gasteiger partial charge on any atom is -0.477 e. The average Bonchev–Trinajstić information content (AvgIpc) is 2.09. The molecule has 0 spiro atoms. The smallest absolute Gasteiger partial charge is 0.233 e. The van der Waals surface area contributed by atoms with Crippen molar-refractivity contribution in [2.45, 2.75) is 6.92 Å². The van der Waals surface area contributed by atoms with Crippen molar-refractivity contribution in [1.82, 2.24) is 9.97 Å². The molecule has 5 heteroatoms. The maximum atomic E-state index is 5.24. The van der Waals surface area contributed by atoms with Crippen LogP contribution in [0.1, 0.15) is 6.92 Å². The van der Waals surface area contributed by atoms with E-state index < -0.39 is 0 Å². The highest BCUT2D eigenvalue weighted by Crippen LogP contribution is 2.27. The van der Waals surface area contributed by atoms with E-state index in [2.05, 4.69) is 31.2 Å². The van der Waals surface area contributed by atoms with Crippen LogP contribution < -0.4 is 10.1 Å². The molecule has 0 aliphatic carbocycles. The van der Waals surface area contributed by atoms with E-state index in [1.807, 2.05) is 6.92 Å². The van der Waals surface area contributed by atoms with Crippen molar-refractivity contribution in [3.63, 3.8) is 0 Å². The molecule has 66 valence electrons. The first-order valence-electron chi connectivity index (χ1n) is 3.60. The Balaban J connectivity index is 2.97. The maximum absolute atomic E-state index is 5.24. The van der Waals surface area contributed by atoms with Gasteiger partial charge in [-0.1, -0.05) is 0 Å². The fraction of sp³-hybridized carbons (Fsp3) is 0.429. The Kier molecular flexibility index (Phi) is 3.28. The third-order valence-electron chi connectivity index (χ3n) is 1.28. The molecule has 0 bridgehead atoms. The number of hydrogen-bond acceptors (Lipinski definition) is 4. The van der Waals surface area contributed by atoms with Crippen LogP contribution in [0.4, 0.5) is 5.82 Å². The average molecular weight is 232 g/mol. The number of halogens is 1. The van der Waals surface area contributed by atoms with Crippen molar-refractivity contribution in [3.05, 3.63) is 10.8 Å². The first kappa shape index (κ1) is 9.25. The van der Waals surface area contributed by atoms with Gasteiger partial charge in [-0.15, -0.1) is 0 Å². The third kappa shape index (κ3) is 1.85. The Morgan fingerprint density at radius 3 is 2.92 bits per heavy atom. The predicted octanol–water partition coefficient (Wildman–Crippen LogP) is 1.68. The van der Waals surface area contributed by atoms with Crippen LogP contribution >= 0.6 is 15.9 Å². The summed E-state index contributed by atoms with van der Waals surface area (Å²) in [6.07, 6.45) is 1.46. The highest BCUT2D eigenvalue weighted by molar-refractivity contribution is 9.10. The summed E-state index contributed by atoms with van der Waals surface area (Å²) in [5, 5.41) is 2.92. The highest BCUT2D eigenvalue weighted by Gasteiger charge is 2.06. The van der Waals surface area contributed by atoms with Crippen LogP contribution in [0.15, 0.2) is 10.8 Å². The molecule has 0 atom stereocenters. The normalized spacial score (nSPS) is 9.58. The number of aromatic nitrogens is 2. The lowest BCUT2D eigenvalue weighted by molar-refractivity contribution is 0.324. The Bertz CT molecular complexity index is 267. The molecule has 0 radical (unpaired) electrons. The van der Waals surface area contributed by atoms with Gasteiger partial charge in [-0.2, -0.15) is 0 Å². The summed E-state index contributed by atoms with van der Waals surface area (Å²) in [6.45, 7) is 2.51. The summed E-state index contributed by atoms with van der Waals surface area (Å²) in [5.74, 6) is 1.30. The molecular formula is C7H10BrN3O. The molecule has 0 unspecified atom stereocenters. The molecular weight excluding hydrogens is 222 g/mol. The summed E-state index contributed by atoms with van der Waals surface area (Å²) in [5.41, 5.74) is 0. The number of rotatable bonds is 3. The third-order valence-corrected chi connectivity index (χ3v) is 1.99. The molecule has 0 aliphatic heterocycles. The van der Waals surface area contributed by atoms with E-state index >= 15 is 0 Å². The van der Waals surface area contributed by atoms with E-state index in [-0.39, 0.29) is 0 Å². The van der Waals surface area contributed by atoms with Crippen LogP contribution in [0.5, 0.6) is 5.88 Å². The van der Waals surface area contributed by atoms with Gasteiger partial charge >= 0.3 is 0 Å². The van der Waals surface area contributed by atoms with Crippen molar-refractivity contribution < 1.29 is 4.74 Å². The van der Waals surface area contributed by atoms with Gasteiger partial charge in [-0.05, 0) is 22.9 Å². The molecule has 0 aromatic carbocycles. The second-order valence-corrected chi connectivity index (χ2v) is 2.82. The zero-order chi connectivity index (χ0) is 8.97. The fourth-order valence-corrected chi connectivity index (χ4v) is 1.28. The molecule has 1 heterocycles. The predicted molar refractivity (Wildman–Crippen MR) is 50.4 cm³/mol. The van der Waals surface area contributed by atoms with Gasteiger partial charge in [0.15, 0.2) is 0 Å². The monoisotopic (exact) mass is 231 g/mol. The van der Waals surface area contributed by atoms with Crippen LogP contribution in [0.25, 0.3) is 0 Å². The Morgan fingerprint density at radius 2 is 2.33 bits per heavy atom. The number of nitrogens with one attached hydrogen (secondary N) is 1. The molecule has 4 nitrogen and oxygen atoms in total. The minimum atomic E-state index is 0.567. The first-order valence-corrected chi connectivity index (χ1v) is 4.40. The zero-order valence-corrected chi connectivity index (χ0v) is 8.55. The Hall–Kier alpha value is -0.840. The van der Waals surface area contributed by atoms with E-state index in [1.165, 1.54) is 6.33 Å². The van der Waals surface area contributed by atoms with Gasteiger partial charge in [-0.25, -0.2) is 9.97 Å². The maximum Gasteiger partial charge on any atom is 0.233 e. The number of hydrogen-bond donors (Lipinski definition) is 1. The van der Waals surface area contributed by atoms with Crippen LogP contribution in [0, 0.1) is 0 Å². The molecule has 0 fully saturated rings. The van der Waals surface area contributed by atoms with Gasteiger partial charge in [0.2, 0.25) is 5.88 Å². The molecule has 1 aromatic heterocycles. The largest absolute Gasteiger partial charge is 0.477 e. The fourth-order valence-electron chi connectivity index (χ4n) is 0.765. The zero-order valence-electron chi connectivity index (χ0n) is 6.97. The summed E-state index contributed by atoms with van der Waals surface area (Å²) in [6, 6.07) is 0. The van der Waals surface area contributed by atoms with Gasteiger partial charge in [0.1, 0.15) is 16.6 Å². The number of nitrogens with zero attached hydrogens (tertiary/aromatic N) is 2. The Morgan fingerprint density at radius 1 is 1.58 bits per heavy atom. The second kappa shape index (κ2) is 4.25. The van der Waals surface area contributed by atoms with Gasteiger partial charge in [-0.3, -0.25) is 0 Å². The van der Waals surface area contributed by atoms with E-state index in [0.717, 1.165) is 10.3 Å². The standard InChI is InChI=1S/C7H10BrN3O/c1-3-12-7-5(8)6(9-2)10-4-11-7/h4H,3H2,1-2H3,(H,9,10,11). The lowest BCUT2D eigenvalue weighted by Gasteiger charge is -2.06. The molecule has 1 aromatic rings. The van der Waals surface area contributed by atoms with Gasteiger partial charge in [0, 0.05) is 7.05 Å². The van der Waals surface area contributed by atoms with Crippen LogP contribution in [0.2, 0.25) is 0 Å². The molecule has 12 heavy (non-hydrogen) atoms. The quantitative estimate of drug-likeness (QED) is 0.861. The molecule has 1 rings (SSSR count). The van der Waals surface area contributed by atoms with Crippen molar-refractivity contribution in [2.75, 3.05) is 19.0 Å². The molecule has 0 saturated carbocycles. The summed E-state index contributed by atoms with van der Waals surface area (Å²) in [4.78, 5) is 7.95. The van der Waals surface area contributed by atoms with Crippen LogP contribution in [-0.4, -0.2) is 23.6 Å². The second-order valence-electron chi connectivity index (χ2n) is 2.02. The lowest BCUT2D eigenvalue weighted by Crippen LogP contribution is -2.00. The van der Waals surface area contributed by atoms with Crippen molar-refractivity contribution in [3.8, 4) is 5.88 Å². The Labute approximate surface area is 79.5 Å². The van der Waals surface area contributed by atoms with Gasteiger partial charge < -0.3 is 10.1 Å². The van der Waals surface area contributed by atoms with E-state index in [9.17, 15) is 0 Å². The molecule has 1 N–H and O–H groups in total. The lowest BCUT2D eigenvalue weighted by atomic mass is 10.5. The summed E-state index contributed by atoms with van der Waals surface area (Å²) >= 11 is 3.33. The first-order chi connectivity index (χ1) is 5.79. The summed E-state index contributed by atoms with van der Waals surface area (Å²) < 4.78 is 6.00. The van der Waals surface area contributed by atoms with Crippen LogP contribution in [0.3, 0.4) is 0 Å². The topological polar surface area (TPSA) is 47.0 Å². The van der Waals surface area contributed by atoms with E-state index in [4.69, 9.17) is 4.74 Å². The molecule has 0 amide bonds. The van der Waals surface area contributed by atoms with E-state index in [1.54, 1.807) is 7.05 Å². The minimum absolute atomic E-state index is 0.567. The molecule has 0 aliphatic rings. The van der Waals surface area contributed by atoms with Crippen molar-refractivity contribution in [2.24, 2.45) is 0 Å². The van der Waals surface area contributed by atoms with E-state index in [0.29, 0.717) is 12.5 Å². The van der Waals surface area contributed by atoms with Crippen molar-refractivity contribution in [1.29, 1.82) is 0 Å².